The first kappa shape index (κ1) is 15.7. The Hall–Kier alpha value is -1.39. The van der Waals surface area contributed by atoms with E-state index >= 15 is 0 Å². The van der Waals surface area contributed by atoms with Crippen LogP contribution in [0.3, 0.4) is 0 Å². The lowest BCUT2D eigenvalue weighted by Crippen LogP contribution is -2.48. The summed E-state index contributed by atoms with van der Waals surface area (Å²) in [6.45, 7) is -0.0680. The average Bonchev–Trinajstić information content (AvgIpc) is 2.34. The largest absolute Gasteiger partial charge is 0.481 e. The van der Waals surface area contributed by atoms with E-state index in [9.17, 15) is 18.0 Å². The van der Waals surface area contributed by atoms with E-state index < -0.39 is 28.2 Å². The van der Waals surface area contributed by atoms with Crippen molar-refractivity contribution < 1.29 is 27.9 Å². The zero-order valence-electron chi connectivity index (χ0n) is 10.2. The summed E-state index contributed by atoms with van der Waals surface area (Å²) in [5.41, 5.74) is 4.72. The number of nitrogens with zero attached hydrogens (tertiary/aromatic N) is 1. The first-order valence-corrected chi connectivity index (χ1v) is 7.16. The lowest BCUT2D eigenvalue weighted by molar-refractivity contribution is -0.142. The third-order valence-electron chi connectivity index (χ3n) is 2.70. The van der Waals surface area contributed by atoms with E-state index in [1.54, 1.807) is 0 Å². The Bertz CT molecular complexity index is 437. The van der Waals surface area contributed by atoms with Crippen molar-refractivity contribution in [2.45, 2.75) is 12.8 Å². The summed E-state index contributed by atoms with van der Waals surface area (Å²) in [5, 5.41) is 8.88. The Morgan fingerprint density at radius 1 is 1.47 bits per heavy atom. The van der Waals surface area contributed by atoms with Crippen LogP contribution >= 0.6 is 0 Å². The molecule has 1 fully saturated rings. The maximum absolute atomic E-state index is 11.8. The highest BCUT2D eigenvalue weighted by molar-refractivity contribution is 7.87. The number of hydrogen-bond acceptors (Lipinski definition) is 5. The highest BCUT2D eigenvalue weighted by Crippen LogP contribution is 2.18. The van der Waals surface area contributed by atoms with Gasteiger partial charge in [-0.1, -0.05) is 0 Å². The van der Waals surface area contributed by atoms with Gasteiger partial charge in [0, 0.05) is 19.6 Å². The molecule has 1 amide bonds. The van der Waals surface area contributed by atoms with E-state index in [4.69, 9.17) is 10.8 Å². The van der Waals surface area contributed by atoms with E-state index in [0.29, 0.717) is 12.8 Å². The molecule has 0 spiro atoms. The molecule has 0 radical (unpaired) electrons. The fraction of sp³-hybridized carbons (Fsp3) is 0.778. The minimum Gasteiger partial charge on any atom is -0.481 e. The normalized spacial score (nSPS) is 20.9. The van der Waals surface area contributed by atoms with Crippen LogP contribution in [0.4, 0.5) is 4.79 Å². The van der Waals surface area contributed by atoms with Crippen molar-refractivity contribution in [1.29, 1.82) is 0 Å². The van der Waals surface area contributed by atoms with Crippen LogP contribution in [0.2, 0.25) is 0 Å². The van der Waals surface area contributed by atoms with Gasteiger partial charge in [0.25, 0.3) is 10.2 Å². The third kappa shape index (κ3) is 5.01. The van der Waals surface area contributed by atoms with Gasteiger partial charge in [-0.05, 0) is 12.8 Å². The number of primary amides is 1. The minimum atomic E-state index is -3.76. The molecule has 1 saturated heterocycles. The van der Waals surface area contributed by atoms with Gasteiger partial charge < -0.3 is 15.6 Å². The van der Waals surface area contributed by atoms with E-state index in [2.05, 4.69) is 9.46 Å². The molecule has 9 nitrogen and oxygen atoms in total. The van der Waals surface area contributed by atoms with Gasteiger partial charge in [-0.15, -0.1) is 0 Å². The molecule has 4 N–H and O–H groups in total. The van der Waals surface area contributed by atoms with Crippen LogP contribution in [-0.4, -0.2) is 56.1 Å². The maximum Gasteiger partial charge on any atom is 0.404 e. The minimum absolute atomic E-state index is 0.0542. The monoisotopic (exact) mass is 295 g/mol. The number of ether oxygens (including phenoxy) is 1. The highest BCUT2D eigenvalue weighted by atomic mass is 32.2. The van der Waals surface area contributed by atoms with Crippen molar-refractivity contribution in [2.75, 3.05) is 26.2 Å². The summed E-state index contributed by atoms with van der Waals surface area (Å²) in [5.74, 6) is -1.69. The molecule has 1 rings (SSSR count). The number of amides is 1. The number of carboxylic acid groups (broad SMARTS) is 1. The van der Waals surface area contributed by atoms with Crippen LogP contribution in [0.1, 0.15) is 12.8 Å². The van der Waals surface area contributed by atoms with Crippen molar-refractivity contribution in [3.8, 4) is 0 Å². The van der Waals surface area contributed by atoms with E-state index in [1.165, 1.54) is 0 Å². The number of carboxylic acids is 1. The molecular weight excluding hydrogens is 278 g/mol. The Morgan fingerprint density at radius 2 is 2.16 bits per heavy atom. The van der Waals surface area contributed by atoms with E-state index in [0.717, 1.165) is 4.31 Å². The SMILES string of the molecule is NC(=O)OCCNS(=O)(=O)N1CCCC(C(=O)O)C1. The number of hydrogen-bond donors (Lipinski definition) is 3. The van der Waals surface area contributed by atoms with Crippen molar-refractivity contribution in [2.24, 2.45) is 11.7 Å². The lowest BCUT2D eigenvalue weighted by atomic mass is 10.0. The molecular formula is C9H17N3O6S. The standard InChI is InChI=1S/C9H17N3O6S/c10-9(15)18-5-3-11-19(16,17)12-4-1-2-7(6-12)8(13)14/h7,11H,1-6H2,(H2,10,15)(H,13,14). The van der Waals surface area contributed by atoms with Crippen LogP contribution in [0, 0.1) is 5.92 Å². The summed E-state index contributed by atoms with van der Waals surface area (Å²) in [7, 11) is -3.76. The Labute approximate surface area is 110 Å². The van der Waals surface area contributed by atoms with Gasteiger partial charge in [0.2, 0.25) is 0 Å². The van der Waals surface area contributed by atoms with Crippen LogP contribution in [0.5, 0.6) is 0 Å². The fourth-order valence-electron chi connectivity index (χ4n) is 1.78. The van der Waals surface area contributed by atoms with Crippen LogP contribution < -0.4 is 10.5 Å². The topological polar surface area (TPSA) is 139 Å². The molecule has 0 aromatic carbocycles. The van der Waals surface area contributed by atoms with Crippen LogP contribution in [0.15, 0.2) is 0 Å². The van der Waals surface area contributed by atoms with Gasteiger partial charge in [-0.2, -0.15) is 17.4 Å². The number of aliphatic carboxylic acids is 1. The zero-order chi connectivity index (χ0) is 14.5. The first-order valence-electron chi connectivity index (χ1n) is 5.72. The molecule has 19 heavy (non-hydrogen) atoms. The number of nitrogens with two attached hydrogens (primary N) is 1. The highest BCUT2D eigenvalue weighted by Gasteiger charge is 2.31. The van der Waals surface area contributed by atoms with Crippen molar-refractivity contribution >= 4 is 22.3 Å². The van der Waals surface area contributed by atoms with E-state index in [1.807, 2.05) is 0 Å². The number of nitrogens with one attached hydrogen (secondary N) is 1. The molecule has 1 unspecified atom stereocenters. The molecule has 1 heterocycles. The third-order valence-corrected chi connectivity index (χ3v) is 4.28. The second-order valence-electron chi connectivity index (χ2n) is 4.10. The quantitative estimate of drug-likeness (QED) is 0.521. The maximum atomic E-state index is 11.8. The van der Waals surface area contributed by atoms with Crippen LogP contribution in [0.25, 0.3) is 0 Å². The summed E-state index contributed by atoms with van der Waals surface area (Å²) < 4.78 is 31.4. The molecule has 0 aromatic heterocycles. The fourth-order valence-corrected chi connectivity index (χ4v) is 3.05. The van der Waals surface area contributed by atoms with Gasteiger partial charge in [0.15, 0.2) is 0 Å². The molecule has 0 saturated carbocycles. The van der Waals surface area contributed by atoms with Crippen molar-refractivity contribution in [1.82, 2.24) is 9.03 Å². The second-order valence-corrected chi connectivity index (χ2v) is 5.86. The van der Waals surface area contributed by atoms with Gasteiger partial charge in [0.1, 0.15) is 6.61 Å². The molecule has 0 bridgehead atoms. The second kappa shape index (κ2) is 6.68. The Balaban J connectivity index is 2.47. The first-order chi connectivity index (χ1) is 8.83. The van der Waals surface area contributed by atoms with Crippen LogP contribution in [-0.2, 0) is 19.7 Å². The number of piperidine rings is 1. The summed E-state index contributed by atoms with van der Waals surface area (Å²) >= 11 is 0. The molecule has 0 aromatic rings. The molecule has 1 atom stereocenters. The zero-order valence-corrected chi connectivity index (χ0v) is 11.1. The van der Waals surface area contributed by atoms with E-state index in [-0.39, 0.29) is 26.2 Å². The molecule has 1 aliphatic rings. The summed E-state index contributed by atoms with van der Waals surface area (Å²) in [6.07, 6.45) is -0.0231. The van der Waals surface area contributed by atoms with Crippen molar-refractivity contribution in [3.63, 3.8) is 0 Å². The smallest absolute Gasteiger partial charge is 0.404 e. The summed E-state index contributed by atoms with van der Waals surface area (Å²) in [4.78, 5) is 21.1. The predicted molar refractivity (Wildman–Crippen MR) is 64.4 cm³/mol. The van der Waals surface area contributed by atoms with Gasteiger partial charge in [-0.3, -0.25) is 4.79 Å². The van der Waals surface area contributed by atoms with Crippen molar-refractivity contribution in [3.05, 3.63) is 0 Å². The lowest BCUT2D eigenvalue weighted by Gasteiger charge is -2.29. The Kier molecular flexibility index (Phi) is 5.51. The number of carbonyl (C=O) groups excluding carboxylic acids is 1. The molecule has 0 aliphatic carbocycles. The van der Waals surface area contributed by atoms with Gasteiger partial charge in [0.05, 0.1) is 5.92 Å². The Morgan fingerprint density at radius 3 is 2.74 bits per heavy atom. The average molecular weight is 295 g/mol. The number of carbonyl (C=O) groups is 2. The number of rotatable bonds is 6. The molecule has 10 heteroatoms. The molecule has 110 valence electrons. The van der Waals surface area contributed by atoms with Gasteiger partial charge in [-0.25, -0.2) is 4.79 Å². The predicted octanol–water partition coefficient (Wildman–Crippen LogP) is -1.29. The van der Waals surface area contributed by atoms with Gasteiger partial charge >= 0.3 is 12.1 Å². The molecule has 1 aliphatic heterocycles. The summed E-state index contributed by atoms with van der Waals surface area (Å²) in [6, 6.07) is 0.